The predicted octanol–water partition coefficient (Wildman–Crippen LogP) is 7.15. The first-order valence-electron chi connectivity index (χ1n) is 12.7. The van der Waals surface area contributed by atoms with Gasteiger partial charge in [-0.25, -0.2) is 4.79 Å². The zero-order chi connectivity index (χ0) is 29.2. The molecular formula is C28H36Cl2F3N3O3. The molecule has 6 nitrogen and oxygen atoms in total. The Morgan fingerprint density at radius 3 is 2.26 bits per heavy atom. The van der Waals surface area contributed by atoms with E-state index in [1.165, 1.54) is 19.0 Å². The Labute approximate surface area is 238 Å². The fourth-order valence-electron chi connectivity index (χ4n) is 4.21. The number of hydrogen-bond donors (Lipinski definition) is 1. The number of amides is 2. The number of hydrogen-bond acceptors (Lipinski definition) is 4. The molecule has 0 aliphatic carbocycles. The van der Waals surface area contributed by atoms with Gasteiger partial charge in [0.15, 0.2) is 0 Å². The van der Waals surface area contributed by atoms with Crippen LogP contribution in [0.2, 0.25) is 10.0 Å². The van der Waals surface area contributed by atoms with Crippen molar-refractivity contribution < 1.29 is 27.5 Å². The standard InChI is InChI=1S/C28H36Cl2F3N3O3/c1-20(2)13-16-34-15-8-14-27(21-11-12-23(29)24(30)17-21,19-35(3)25(37)18-28(31,32)33)36(4)26(38)39-22-9-6-5-7-10-22/h5-7,9-12,17,20,34H,8,13-16,18-19H2,1-4H3/t27-/m1/s1. The van der Waals surface area contributed by atoms with Crippen molar-refractivity contribution in [2.75, 3.05) is 33.7 Å². The van der Waals surface area contributed by atoms with Gasteiger partial charge in [0.05, 0.1) is 15.6 Å². The van der Waals surface area contributed by atoms with E-state index in [-0.39, 0.29) is 16.6 Å². The number of alkyl halides is 3. The first kappa shape index (κ1) is 32.7. The molecule has 216 valence electrons. The molecule has 0 heterocycles. The topological polar surface area (TPSA) is 61.9 Å². The number of carbonyl (C=O) groups excluding carboxylic acids is 2. The highest BCUT2D eigenvalue weighted by Gasteiger charge is 2.43. The van der Waals surface area contributed by atoms with Gasteiger partial charge in [-0.2, -0.15) is 13.2 Å². The molecule has 2 amide bonds. The van der Waals surface area contributed by atoms with Gasteiger partial charge in [-0.05, 0) is 68.1 Å². The molecule has 0 fully saturated rings. The van der Waals surface area contributed by atoms with E-state index in [1.807, 2.05) is 0 Å². The van der Waals surface area contributed by atoms with Crippen molar-refractivity contribution >= 4 is 35.2 Å². The highest BCUT2D eigenvalue weighted by Crippen LogP contribution is 2.38. The second-order valence-corrected chi connectivity index (χ2v) is 10.8. The van der Waals surface area contributed by atoms with Gasteiger partial charge < -0.3 is 15.0 Å². The summed E-state index contributed by atoms with van der Waals surface area (Å²) in [5.41, 5.74) is -0.770. The van der Waals surface area contributed by atoms with Crippen molar-refractivity contribution in [2.24, 2.45) is 5.92 Å². The van der Waals surface area contributed by atoms with Crippen molar-refractivity contribution in [1.29, 1.82) is 0 Å². The zero-order valence-electron chi connectivity index (χ0n) is 22.7. The number of benzene rings is 2. The SMILES string of the molecule is CC(C)CCNCCC[C@@](CN(C)C(=O)CC(F)(F)F)(c1ccc(Cl)c(Cl)c1)N(C)C(=O)Oc1ccccc1. The summed E-state index contributed by atoms with van der Waals surface area (Å²) in [6.07, 6.45) is -5.20. The molecule has 1 atom stereocenters. The van der Waals surface area contributed by atoms with Gasteiger partial charge in [0.2, 0.25) is 5.91 Å². The van der Waals surface area contributed by atoms with Gasteiger partial charge >= 0.3 is 12.3 Å². The summed E-state index contributed by atoms with van der Waals surface area (Å²) in [5, 5.41) is 3.85. The number of ether oxygens (including phenoxy) is 1. The van der Waals surface area contributed by atoms with E-state index < -0.39 is 30.1 Å². The summed E-state index contributed by atoms with van der Waals surface area (Å²) in [5.74, 6) is -0.291. The quantitative estimate of drug-likeness (QED) is 0.252. The number of nitrogens with zero attached hydrogens (tertiary/aromatic N) is 2. The summed E-state index contributed by atoms with van der Waals surface area (Å²) < 4.78 is 44.7. The third-order valence-electron chi connectivity index (χ3n) is 6.44. The fourth-order valence-corrected chi connectivity index (χ4v) is 4.51. The number of nitrogens with one attached hydrogen (secondary N) is 1. The monoisotopic (exact) mass is 589 g/mol. The van der Waals surface area contributed by atoms with E-state index in [2.05, 4.69) is 19.2 Å². The summed E-state index contributed by atoms with van der Waals surface area (Å²) >= 11 is 12.5. The first-order valence-corrected chi connectivity index (χ1v) is 13.5. The lowest BCUT2D eigenvalue weighted by atomic mass is 9.83. The number of likely N-dealkylation sites (N-methyl/N-ethyl adjacent to an activating group) is 2. The molecule has 1 N–H and O–H groups in total. The minimum atomic E-state index is -4.67. The first-order chi connectivity index (χ1) is 18.2. The maximum atomic E-state index is 13.4. The Bertz CT molecular complexity index is 1090. The van der Waals surface area contributed by atoms with Crippen molar-refractivity contribution in [3.8, 4) is 5.75 Å². The van der Waals surface area contributed by atoms with Crippen LogP contribution < -0.4 is 10.1 Å². The van der Waals surface area contributed by atoms with Gasteiger partial charge in [0, 0.05) is 20.6 Å². The number of carbonyl (C=O) groups is 2. The normalized spacial score (nSPS) is 13.2. The molecule has 2 aromatic rings. The highest BCUT2D eigenvalue weighted by atomic mass is 35.5. The molecule has 2 aromatic carbocycles. The Balaban J connectivity index is 2.48. The second-order valence-electron chi connectivity index (χ2n) is 9.98. The van der Waals surface area contributed by atoms with E-state index in [4.69, 9.17) is 27.9 Å². The Kier molecular flexibility index (Phi) is 12.4. The lowest BCUT2D eigenvalue weighted by molar-refractivity contribution is -0.161. The lowest BCUT2D eigenvalue weighted by Gasteiger charge is -2.44. The average Bonchev–Trinajstić information content (AvgIpc) is 2.85. The molecule has 0 aromatic heterocycles. The average molecular weight is 591 g/mol. The van der Waals surface area contributed by atoms with Gasteiger partial charge in [-0.3, -0.25) is 9.69 Å². The van der Waals surface area contributed by atoms with Crippen LogP contribution in [0.3, 0.4) is 0 Å². The summed E-state index contributed by atoms with van der Waals surface area (Å²) in [4.78, 5) is 28.3. The maximum absolute atomic E-state index is 13.4. The third kappa shape index (κ3) is 10.2. The van der Waals surface area contributed by atoms with Crippen LogP contribution >= 0.6 is 23.2 Å². The van der Waals surface area contributed by atoms with Crippen molar-refractivity contribution in [3.05, 3.63) is 64.1 Å². The van der Waals surface area contributed by atoms with Crippen LogP contribution in [0.15, 0.2) is 48.5 Å². The number of rotatable bonds is 13. The van der Waals surface area contributed by atoms with Crippen molar-refractivity contribution in [2.45, 2.75) is 51.2 Å². The second kappa shape index (κ2) is 14.8. The van der Waals surface area contributed by atoms with Crippen LogP contribution in [0, 0.1) is 5.92 Å². The van der Waals surface area contributed by atoms with Crippen LogP contribution in [-0.2, 0) is 10.3 Å². The molecule has 0 bridgehead atoms. The molecule has 39 heavy (non-hydrogen) atoms. The third-order valence-corrected chi connectivity index (χ3v) is 7.18. The lowest BCUT2D eigenvalue weighted by Crippen LogP contribution is -2.55. The number of halogens is 5. The number of para-hydroxylation sites is 1. The zero-order valence-corrected chi connectivity index (χ0v) is 24.2. The Morgan fingerprint density at radius 2 is 1.67 bits per heavy atom. The minimum absolute atomic E-state index is 0.211. The minimum Gasteiger partial charge on any atom is -0.410 e. The fraction of sp³-hybridized carbons (Fsp3) is 0.500. The Hall–Kier alpha value is -2.49. The molecule has 0 unspecified atom stereocenters. The summed E-state index contributed by atoms with van der Waals surface area (Å²) in [6.45, 7) is 5.41. The Morgan fingerprint density at radius 1 is 1.00 bits per heavy atom. The maximum Gasteiger partial charge on any atom is 0.415 e. The summed E-state index contributed by atoms with van der Waals surface area (Å²) in [7, 11) is 2.79. The van der Waals surface area contributed by atoms with Gasteiger partial charge in [-0.15, -0.1) is 0 Å². The predicted molar refractivity (Wildman–Crippen MR) is 148 cm³/mol. The van der Waals surface area contributed by atoms with Crippen LogP contribution in [-0.4, -0.2) is 61.7 Å². The van der Waals surface area contributed by atoms with Crippen LogP contribution in [0.5, 0.6) is 5.75 Å². The molecule has 0 radical (unpaired) electrons. The summed E-state index contributed by atoms with van der Waals surface area (Å²) in [6, 6.07) is 13.2. The molecule has 2 rings (SSSR count). The van der Waals surface area contributed by atoms with Crippen LogP contribution in [0.25, 0.3) is 0 Å². The molecule has 0 aliphatic rings. The van der Waals surface area contributed by atoms with Crippen molar-refractivity contribution in [3.63, 3.8) is 0 Å². The van der Waals surface area contributed by atoms with Gasteiger partial charge in [0.1, 0.15) is 12.2 Å². The molecule has 11 heteroatoms. The van der Waals surface area contributed by atoms with E-state index in [0.29, 0.717) is 36.6 Å². The molecule has 0 spiro atoms. The van der Waals surface area contributed by atoms with Crippen LogP contribution in [0.4, 0.5) is 18.0 Å². The van der Waals surface area contributed by atoms with Crippen LogP contribution in [0.1, 0.15) is 45.1 Å². The highest BCUT2D eigenvalue weighted by molar-refractivity contribution is 6.42. The largest absolute Gasteiger partial charge is 0.415 e. The van der Waals surface area contributed by atoms with E-state index in [9.17, 15) is 22.8 Å². The molecule has 0 saturated heterocycles. The van der Waals surface area contributed by atoms with E-state index >= 15 is 0 Å². The van der Waals surface area contributed by atoms with E-state index in [0.717, 1.165) is 17.9 Å². The molecule has 0 aliphatic heterocycles. The molecular weight excluding hydrogens is 554 g/mol. The van der Waals surface area contributed by atoms with E-state index in [1.54, 1.807) is 48.5 Å². The molecule has 0 saturated carbocycles. The van der Waals surface area contributed by atoms with Gasteiger partial charge in [-0.1, -0.05) is 61.3 Å². The van der Waals surface area contributed by atoms with Gasteiger partial charge in [0.25, 0.3) is 0 Å². The smallest absolute Gasteiger partial charge is 0.410 e. The van der Waals surface area contributed by atoms with Crippen molar-refractivity contribution in [1.82, 2.24) is 15.1 Å².